The maximum atomic E-state index is 13.8. The minimum atomic E-state index is -4.13. The first-order valence-corrected chi connectivity index (χ1v) is 13.4. The number of hydrazone groups is 1. The van der Waals surface area contributed by atoms with Crippen molar-refractivity contribution < 1.29 is 21.2 Å². The van der Waals surface area contributed by atoms with Crippen LogP contribution in [0.4, 0.5) is 10.1 Å². The Morgan fingerprint density at radius 2 is 1.67 bits per heavy atom. The van der Waals surface area contributed by atoms with E-state index in [0.29, 0.717) is 23.4 Å². The van der Waals surface area contributed by atoms with Crippen molar-refractivity contribution in [2.24, 2.45) is 5.10 Å². The third-order valence-electron chi connectivity index (χ3n) is 5.28. The van der Waals surface area contributed by atoms with Crippen molar-refractivity contribution in [3.05, 3.63) is 95.3 Å². The second kappa shape index (κ2) is 8.60. The van der Waals surface area contributed by atoms with Crippen LogP contribution in [-0.4, -0.2) is 33.2 Å². The highest BCUT2D eigenvalue weighted by atomic mass is 32.2. The van der Waals surface area contributed by atoms with Gasteiger partial charge in [-0.2, -0.15) is 17.9 Å². The molecule has 1 unspecified atom stereocenters. The molecule has 4 rings (SSSR count). The van der Waals surface area contributed by atoms with E-state index < -0.39 is 31.9 Å². The number of rotatable bonds is 6. The molecule has 0 saturated carbocycles. The molecule has 0 aromatic heterocycles. The van der Waals surface area contributed by atoms with Crippen LogP contribution in [0.2, 0.25) is 0 Å². The van der Waals surface area contributed by atoms with Crippen LogP contribution < -0.4 is 4.72 Å². The van der Waals surface area contributed by atoms with Gasteiger partial charge in [0, 0.05) is 12.1 Å². The Morgan fingerprint density at radius 1 is 0.970 bits per heavy atom. The van der Waals surface area contributed by atoms with Crippen LogP contribution in [0.3, 0.4) is 0 Å². The number of nitrogens with zero attached hydrogens (tertiary/aromatic N) is 2. The number of hydrogen-bond donors (Lipinski definition) is 1. The molecule has 0 amide bonds. The van der Waals surface area contributed by atoms with E-state index in [-0.39, 0.29) is 4.90 Å². The number of benzene rings is 3. The van der Waals surface area contributed by atoms with Gasteiger partial charge in [-0.25, -0.2) is 12.8 Å². The molecule has 3 aromatic carbocycles. The first kappa shape index (κ1) is 22.9. The molecule has 1 heterocycles. The summed E-state index contributed by atoms with van der Waals surface area (Å²) in [7, 11) is -7.55. The van der Waals surface area contributed by atoms with Crippen molar-refractivity contribution in [2.75, 3.05) is 11.0 Å². The van der Waals surface area contributed by atoms with Gasteiger partial charge in [0.2, 0.25) is 10.0 Å². The fourth-order valence-corrected chi connectivity index (χ4v) is 5.78. The smallest absolute Gasteiger partial charge is 0.279 e. The van der Waals surface area contributed by atoms with Crippen LogP contribution in [0.5, 0.6) is 0 Å². The Morgan fingerprint density at radius 3 is 2.30 bits per heavy atom. The number of anilines is 1. The van der Waals surface area contributed by atoms with Gasteiger partial charge in [-0.3, -0.25) is 4.72 Å². The molecule has 1 aliphatic rings. The van der Waals surface area contributed by atoms with E-state index >= 15 is 0 Å². The van der Waals surface area contributed by atoms with Gasteiger partial charge >= 0.3 is 0 Å². The number of sulfonamides is 2. The summed E-state index contributed by atoms with van der Waals surface area (Å²) in [6.45, 7) is 1.89. The topological polar surface area (TPSA) is 95.9 Å². The van der Waals surface area contributed by atoms with E-state index in [9.17, 15) is 21.2 Å². The fourth-order valence-electron chi connectivity index (χ4n) is 3.76. The molecule has 0 fully saturated rings. The van der Waals surface area contributed by atoms with Crippen molar-refractivity contribution >= 4 is 31.4 Å². The van der Waals surface area contributed by atoms with Gasteiger partial charge in [-0.1, -0.05) is 42.5 Å². The maximum Gasteiger partial charge on any atom is 0.279 e. The van der Waals surface area contributed by atoms with Crippen LogP contribution in [0.1, 0.15) is 29.2 Å². The van der Waals surface area contributed by atoms with Gasteiger partial charge in [0.15, 0.2) is 0 Å². The summed E-state index contributed by atoms with van der Waals surface area (Å²) in [6.07, 6.45) is 1.36. The lowest BCUT2D eigenvalue weighted by Gasteiger charge is -2.24. The van der Waals surface area contributed by atoms with Gasteiger partial charge < -0.3 is 0 Å². The van der Waals surface area contributed by atoms with Crippen LogP contribution >= 0.6 is 0 Å². The van der Waals surface area contributed by atoms with Crippen LogP contribution in [0.15, 0.2) is 82.8 Å². The van der Waals surface area contributed by atoms with E-state index in [4.69, 9.17) is 0 Å². The van der Waals surface area contributed by atoms with E-state index in [0.717, 1.165) is 27.9 Å². The van der Waals surface area contributed by atoms with Crippen molar-refractivity contribution in [2.45, 2.75) is 24.3 Å². The molecular formula is C23H22FN3O4S2. The SMILES string of the molecule is Cc1ccccc1C1CC(c2ccc(NS(C)(=O)=O)cc2)=NN1S(=O)(=O)c1cccc(F)c1. The van der Waals surface area contributed by atoms with Crippen LogP contribution in [0, 0.1) is 12.7 Å². The average molecular weight is 488 g/mol. The highest BCUT2D eigenvalue weighted by molar-refractivity contribution is 7.92. The quantitative estimate of drug-likeness (QED) is 0.568. The van der Waals surface area contributed by atoms with Gasteiger partial charge in [-0.05, 0) is 53.9 Å². The summed E-state index contributed by atoms with van der Waals surface area (Å²) in [6, 6.07) is 18.2. The summed E-state index contributed by atoms with van der Waals surface area (Å²) in [4.78, 5) is -0.182. The zero-order valence-corrected chi connectivity index (χ0v) is 19.6. The number of aryl methyl sites for hydroxylation is 1. The minimum Gasteiger partial charge on any atom is -0.284 e. The molecule has 7 nitrogen and oxygen atoms in total. The predicted molar refractivity (Wildman–Crippen MR) is 125 cm³/mol. The van der Waals surface area contributed by atoms with Gasteiger partial charge in [0.1, 0.15) is 5.82 Å². The van der Waals surface area contributed by atoms with E-state index in [1.807, 2.05) is 31.2 Å². The normalized spacial score (nSPS) is 16.5. The largest absolute Gasteiger partial charge is 0.284 e. The molecule has 0 aliphatic carbocycles. The highest BCUT2D eigenvalue weighted by Gasteiger charge is 2.38. The molecule has 0 saturated heterocycles. The first-order valence-electron chi connectivity index (χ1n) is 10.1. The standard InChI is InChI=1S/C23H22FN3O4S2/c1-16-6-3-4-9-21(16)23-15-22(17-10-12-19(13-11-17)26-32(2,28)29)25-27(23)33(30,31)20-8-5-7-18(24)14-20/h3-14,23,26H,15H2,1-2H3. The molecule has 0 spiro atoms. The molecule has 1 aliphatic heterocycles. The third-order valence-corrected chi connectivity index (χ3v) is 7.57. The summed E-state index contributed by atoms with van der Waals surface area (Å²) in [5.74, 6) is -0.652. The second-order valence-electron chi connectivity index (χ2n) is 7.81. The monoisotopic (exact) mass is 487 g/mol. The summed E-state index contributed by atoms with van der Waals surface area (Å²) in [5.41, 5.74) is 3.27. The molecule has 0 bridgehead atoms. The minimum absolute atomic E-state index is 0.182. The highest BCUT2D eigenvalue weighted by Crippen LogP contribution is 2.38. The first-order chi connectivity index (χ1) is 15.5. The molecule has 172 valence electrons. The lowest BCUT2D eigenvalue weighted by molar-refractivity contribution is 0.370. The van der Waals surface area contributed by atoms with Crippen molar-refractivity contribution in [1.29, 1.82) is 0 Å². The number of hydrogen-bond acceptors (Lipinski definition) is 5. The lowest BCUT2D eigenvalue weighted by atomic mass is 9.96. The second-order valence-corrected chi connectivity index (χ2v) is 11.4. The maximum absolute atomic E-state index is 13.8. The molecule has 33 heavy (non-hydrogen) atoms. The summed E-state index contributed by atoms with van der Waals surface area (Å²) in [5, 5.41) is 4.44. The average Bonchev–Trinajstić information content (AvgIpc) is 3.19. The van der Waals surface area contributed by atoms with Gasteiger partial charge in [0.25, 0.3) is 10.0 Å². The Hall–Kier alpha value is -3.24. The fraction of sp³-hybridized carbons (Fsp3) is 0.174. The zero-order chi connectivity index (χ0) is 23.8. The Labute approximate surface area is 192 Å². The molecular weight excluding hydrogens is 465 g/mol. The number of halogens is 1. The molecule has 3 aromatic rings. The Kier molecular flexibility index (Phi) is 5.98. The predicted octanol–water partition coefficient (Wildman–Crippen LogP) is 4.05. The molecule has 10 heteroatoms. The summed E-state index contributed by atoms with van der Waals surface area (Å²) < 4.78 is 67.0. The zero-order valence-electron chi connectivity index (χ0n) is 17.9. The molecule has 1 atom stereocenters. The summed E-state index contributed by atoms with van der Waals surface area (Å²) >= 11 is 0. The third kappa shape index (κ3) is 4.91. The van der Waals surface area contributed by atoms with Gasteiger partial charge in [0.05, 0.1) is 22.9 Å². The molecule has 0 radical (unpaired) electrons. The van der Waals surface area contributed by atoms with Crippen LogP contribution in [0.25, 0.3) is 0 Å². The van der Waals surface area contributed by atoms with E-state index in [1.165, 1.54) is 18.2 Å². The van der Waals surface area contributed by atoms with Gasteiger partial charge in [-0.15, -0.1) is 0 Å². The number of nitrogens with one attached hydrogen (secondary N) is 1. The lowest BCUT2D eigenvalue weighted by Crippen LogP contribution is -2.27. The van der Waals surface area contributed by atoms with E-state index in [2.05, 4.69) is 9.82 Å². The van der Waals surface area contributed by atoms with Crippen LogP contribution in [-0.2, 0) is 20.0 Å². The van der Waals surface area contributed by atoms with Crippen molar-refractivity contribution in [3.63, 3.8) is 0 Å². The van der Waals surface area contributed by atoms with Crippen molar-refractivity contribution in [1.82, 2.24) is 4.41 Å². The Bertz CT molecular complexity index is 1440. The Balaban J connectivity index is 1.76. The molecule has 1 N–H and O–H groups in total. The van der Waals surface area contributed by atoms with E-state index in [1.54, 1.807) is 24.3 Å². The van der Waals surface area contributed by atoms with Crippen molar-refractivity contribution in [3.8, 4) is 0 Å².